The van der Waals surface area contributed by atoms with Gasteiger partial charge >= 0.3 is 23.5 Å². The summed E-state index contributed by atoms with van der Waals surface area (Å²) >= 11 is 0. The third-order valence-corrected chi connectivity index (χ3v) is 11.1. The summed E-state index contributed by atoms with van der Waals surface area (Å²) in [6.07, 6.45) is -8.74. The number of aliphatic hydroxyl groups is 2. The monoisotopic (exact) mass is 875 g/mol. The molecule has 6 rings (SSSR count). The minimum atomic E-state index is -5.36. The number of nitrogens with zero attached hydrogens (tertiary/aromatic N) is 7. The molecular formula is C25H40N11O18P3. The minimum Gasteiger partial charge on any atom is -0.387 e. The first-order chi connectivity index (χ1) is 26.6. The van der Waals surface area contributed by atoms with Crippen molar-refractivity contribution in [2.45, 2.75) is 43.0 Å². The summed E-state index contributed by atoms with van der Waals surface area (Å²) in [4.78, 5) is 85.8. The first-order valence-electron chi connectivity index (χ1n) is 16.5. The van der Waals surface area contributed by atoms with E-state index in [1.807, 2.05) is 4.90 Å². The smallest absolute Gasteiger partial charge is 0.387 e. The normalized spacial score (nSPS) is 27.1. The van der Waals surface area contributed by atoms with Crippen LogP contribution < -0.4 is 32.4 Å². The second-order valence-corrected chi connectivity index (χ2v) is 17.1. The van der Waals surface area contributed by atoms with E-state index in [4.69, 9.17) is 39.0 Å². The van der Waals surface area contributed by atoms with E-state index in [1.54, 1.807) is 23.9 Å². The number of phosphoric ester groups is 3. The number of aromatic amines is 2. The number of hydrogen-bond donors (Lipinski definition) is 10. The third-order valence-electron chi connectivity index (χ3n) is 8.61. The molecule has 3 aliphatic rings. The van der Waals surface area contributed by atoms with Crippen LogP contribution in [-0.4, -0.2) is 161 Å². The highest BCUT2D eigenvalue weighted by Crippen LogP contribution is 2.48. The maximum atomic E-state index is 12.8. The van der Waals surface area contributed by atoms with E-state index >= 15 is 0 Å². The van der Waals surface area contributed by atoms with Crippen LogP contribution in [0, 0.1) is 0 Å². The Morgan fingerprint density at radius 1 is 0.895 bits per heavy atom. The first kappa shape index (κ1) is 43.1. The van der Waals surface area contributed by atoms with Crippen LogP contribution in [0.2, 0.25) is 0 Å². The van der Waals surface area contributed by atoms with Crippen LogP contribution in [0.15, 0.2) is 15.9 Å². The molecule has 12 N–H and O–H groups in total. The molecule has 0 spiro atoms. The molecule has 3 aliphatic heterocycles. The Labute approximate surface area is 319 Å². The summed E-state index contributed by atoms with van der Waals surface area (Å²) in [6, 6.07) is 0. The maximum Gasteiger partial charge on any atom is 0.472 e. The predicted octanol–water partition coefficient (Wildman–Crippen LogP) is -3.70. The molecule has 3 aromatic rings. The molecule has 2 saturated heterocycles. The first-order valence-corrected chi connectivity index (χ1v) is 21.0. The lowest BCUT2D eigenvalue weighted by Crippen LogP contribution is -2.55. The number of aliphatic hydroxyl groups excluding tert-OH is 2. The zero-order valence-corrected chi connectivity index (χ0v) is 32.5. The third kappa shape index (κ3) is 10.2. The fourth-order valence-electron chi connectivity index (χ4n) is 6.17. The fourth-order valence-corrected chi connectivity index (χ4v) is 8.23. The highest BCUT2D eigenvalue weighted by molar-refractivity contribution is 7.47. The molecule has 0 aromatic carbocycles. The number of aromatic nitrogens is 6. The number of likely N-dealkylation sites (N-methyl/N-ethyl adjacent to an activating group) is 1. The molecule has 32 heteroatoms. The van der Waals surface area contributed by atoms with Gasteiger partial charge in [0.15, 0.2) is 23.2 Å². The van der Waals surface area contributed by atoms with E-state index in [9.17, 15) is 53.1 Å². The zero-order chi connectivity index (χ0) is 41.6. The number of rotatable bonds is 16. The molecule has 3 aromatic heterocycles. The fraction of sp³-hybridized carbons (Fsp3) is 0.640. The molecule has 57 heavy (non-hydrogen) atoms. The van der Waals surface area contributed by atoms with Crippen LogP contribution in [0.3, 0.4) is 0 Å². The number of imidazole rings is 1. The van der Waals surface area contributed by atoms with Gasteiger partial charge < -0.3 is 60.5 Å². The number of nitrogens with two attached hydrogens (primary N) is 2. The standard InChI is InChI=1S/C25H40N11O18P3/c1-33-3-11(52-14(4-33)36-10-34(2)16-20(36)30-25(27)32-22(16)40)5-48-56(44,45)49-6-12(54-55(41,42)43)7-50-57(46,47)51-8-13-17(37)18(38)23(53-13)35-9-28-15-19(35)29-24(26)31-21(15)39/h9,11-14,17-18,23,37-38H,3-8,10H2,1-2H3,(H,44,45)(H,46,47)(H2,41,42,43)(H3,26,29,31,39)(H3,27,30,32,40)/t11-,12?,13+,14+,17+,18+,23+/m0/s1. The Bertz CT molecular complexity index is 2200. The summed E-state index contributed by atoms with van der Waals surface area (Å²) in [5.41, 5.74) is 10.2. The summed E-state index contributed by atoms with van der Waals surface area (Å²) in [5, 5.41) is 21.1. The molecule has 2 fully saturated rings. The van der Waals surface area contributed by atoms with Gasteiger partial charge in [-0.2, -0.15) is 9.97 Å². The van der Waals surface area contributed by atoms with Crippen molar-refractivity contribution in [2.24, 2.45) is 0 Å². The van der Waals surface area contributed by atoms with Gasteiger partial charge in [0.05, 0.1) is 45.5 Å². The molecule has 0 amide bonds. The Kier molecular flexibility index (Phi) is 12.6. The number of H-pyrrole nitrogens is 2. The molecule has 0 bridgehead atoms. The number of ether oxygens (including phenoxy) is 2. The van der Waals surface area contributed by atoms with Crippen molar-refractivity contribution in [1.29, 1.82) is 0 Å². The number of fused-ring (bicyclic) bond motifs is 2. The van der Waals surface area contributed by atoms with Crippen LogP contribution in [0.4, 0.5) is 23.4 Å². The number of morpholine rings is 1. The number of phosphoric acid groups is 3. The quantitative estimate of drug-likeness (QED) is 0.0619. The second-order valence-electron chi connectivity index (χ2n) is 13.0. The second kappa shape index (κ2) is 16.7. The van der Waals surface area contributed by atoms with Gasteiger partial charge in [0, 0.05) is 20.1 Å². The van der Waals surface area contributed by atoms with Crippen LogP contribution >= 0.6 is 23.5 Å². The van der Waals surface area contributed by atoms with Crippen molar-refractivity contribution < 1.29 is 75.6 Å². The average molecular weight is 876 g/mol. The van der Waals surface area contributed by atoms with E-state index in [-0.39, 0.29) is 47.8 Å². The van der Waals surface area contributed by atoms with Crippen molar-refractivity contribution in [3.05, 3.63) is 27.0 Å². The van der Waals surface area contributed by atoms with E-state index in [1.165, 1.54) is 0 Å². The highest BCUT2D eigenvalue weighted by Gasteiger charge is 2.46. The van der Waals surface area contributed by atoms with Crippen LogP contribution in [0.5, 0.6) is 0 Å². The molecule has 318 valence electrons. The van der Waals surface area contributed by atoms with Gasteiger partial charge in [0.1, 0.15) is 36.3 Å². The van der Waals surface area contributed by atoms with Gasteiger partial charge in [0.25, 0.3) is 11.1 Å². The van der Waals surface area contributed by atoms with E-state index in [0.717, 1.165) is 10.9 Å². The van der Waals surface area contributed by atoms with Crippen molar-refractivity contribution in [3.63, 3.8) is 0 Å². The Morgan fingerprint density at radius 2 is 1.53 bits per heavy atom. The number of hydrogen-bond acceptors (Lipinski definition) is 22. The lowest BCUT2D eigenvalue weighted by Gasteiger charge is -2.40. The van der Waals surface area contributed by atoms with Gasteiger partial charge in [0.2, 0.25) is 11.9 Å². The Hall–Kier alpha value is -3.44. The Morgan fingerprint density at radius 3 is 2.19 bits per heavy atom. The van der Waals surface area contributed by atoms with E-state index < -0.39 is 104 Å². The molecular weight excluding hydrogens is 835 g/mol. The molecule has 6 heterocycles. The van der Waals surface area contributed by atoms with Crippen molar-refractivity contribution in [3.8, 4) is 0 Å². The van der Waals surface area contributed by atoms with E-state index in [2.05, 4.69) is 29.4 Å². The largest absolute Gasteiger partial charge is 0.472 e. The van der Waals surface area contributed by atoms with Crippen molar-refractivity contribution in [2.75, 3.05) is 81.5 Å². The minimum absolute atomic E-state index is 0.106. The summed E-state index contributed by atoms with van der Waals surface area (Å²) in [6.45, 7) is -2.94. The predicted molar refractivity (Wildman–Crippen MR) is 190 cm³/mol. The van der Waals surface area contributed by atoms with Gasteiger partial charge in [-0.25, -0.2) is 18.7 Å². The molecule has 29 nitrogen and oxygen atoms in total. The van der Waals surface area contributed by atoms with Gasteiger partial charge in [-0.3, -0.25) is 51.6 Å². The summed E-state index contributed by atoms with van der Waals surface area (Å²) < 4.78 is 73.9. The van der Waals surface area contributed by atoms with E-state index in [0.29, 0.717) is 6.54 Å². The lowest BCUT2D eigenvalue weighted by atomic mass is 10.1. The van der Waals surface area contributed by atoms with Crippen molar-refractivity contribution in [1.82, 2.24) is 34.4 Å². The highest BCUT2D eigenvalue weighted by atomic mass is 31.2. The molecule has 0 radical (unpaired) electrons. The molecule has 0 aliphatic carbocycles. The van der Waals surface area contributed by atoms with Crippen LogP contribution in [-0.2, 0) is 45.8 Å². The zero-order valence-electron chi connectivity index (χ0n) is 29.8. The van der Waals surface area contributed by atoms with Gasteiger partial charge in [-0.05, 0) is 7.05 Å². The molecule has 0 saturated carbocycles. The maximum absolute atomic E-state index is 12.8. The SMILES string of the molecule is CN1C[C@@H](COP(=O)(O)OCC(COP(=O)(O)OC[C@H]2O[C@@H](n3cnc4c(=O)[nH]c(N)nc43)[C@H](O)[C@@H]2O)OP(=O)(O)O)O[C@@H](N2CN(C)c3c2nc(N)[nH]c3=O)C1. The average Bonchev–Trinajstić information content (AvgIpc) is 3.76. The summed E-state index contributed by atoms with van der Waals surface area (Å²) in [5.74, 6) is -0.117. The topological polar surface area (TPSA) is 408 Å². The number of anilines is 4. The Balaban J connectivity index is 1.01. The number of nitrogen functional groups attached to an aromatic ring is 2. The van der Waals surface area contributed by atoms with Gasteiger partial charge in [-0.1, -0.05) is 0 Å². The number of nitrogens with one attached hydrogen (secondary N) is 2. The summed E-state index contributed by atoms with van der Waals surface area (Å²) in [7, 11) is -12.1. The van der Waals surface area contributed by atoms with Crippen LogP contribution in [0.1, 0.15) is 6.23 Å². The lowest BCUT2D eigenvalue weighted by molar-refractivity contribution is -0.0963. The van der Waals surface area contributed by atoms with Crippen LogP contribution in [0.25, 0.3) is 11.2 Å². The van der Waals surface area contributed by atoms with Gasteiger partial charge in [-0.15, -0.1) is 0 Å². The molecule has 3 unspecified atom stereocenters. The van der Waals surface area contributed by atoms with Crippen molar-refractivity contribution >= 4 is 58.0 Å². The molecule has 9 atom stereocenters.